The summed E-state index contributed by atoms with van der Waals surface area (Å²) in [6, 6.07) is 0. The highest BCUT2D eigenvalue weighted by atomic mass is 35.5. The molecule has 0 saturated heterocycles. The molecule has 8 heteroatoms. The van der Waals surface area contributed by atoms with Crippen LogP contribution in [0, 0.1) is 6.92 Å². The first kappa shape index (κ1) is 15.4. The molecule has 0 spiro atoms. The minimum absolute atomic E-state index is 0.210. The van der Waals surface area contributed by atoms with Crippen molar-refractivity contribution in [2.75, 3.05) is 32.2 Å². The molecule has 1 aromatic rings. The second kappa shape index (κ2) is 7.08. The number of nitrogens with one attached hydrogen (secondary N) is 1. The molecule has 0 fully saturated rings. The highest BCUT2D eigenvalue weighted by Gasteiger charge is 2.25. The van der Waals surface area contributed by atoms with E-state index < -0.39 is 10.0 Å². The summed E-state index contributed by atoms with van der Waals surface area (Å²) in [6.07, 6.45) is 1.33. The summed E-state index contributed by atoms with van der Waals surface area (Å²) in [5.74, 6) is 0.402. The van der Waals surface area contributed by atoms with Gasteiger partial charge in [-0.3, -0.25) is 5.10 Å². The lowest BCUT2D eigenvalue weighted by Crippen LogP contribution is -2.34. The lowest BCUT2D eigenvalue weighted by atomic mass is 10.5. The number of H-pyrrole nitrogens is 1. The number of sulfonamides is 1. The average Bonchev–Trinajstić information content (AvgIpc) is 2.76. The van der Waals surface area contributed by atoms with Crippen molar-refractivity contribution in [3.05, 3.63) is 11.9 Å². The zero-order valence-corrected chi connectivity index (χ0v) is 12.1. The van der Waals surface area contributed by atoms with Gasteiger partial charge < -0.3 is 4.74 Å². The van der Waals surface area contributed by atoms with Crippen LogP contribution in [0.3, 0.4) is 0 Å². The number of halogens is 1. The third-order valence-electron chi connectivity index (χ3n) is 2.46. The molecule has 0 aliphatic rings. The highest BCUT2D eigenvalue weighted by Crippen LogP contribution is 2.17. The van der Waals surface area contributed by atoms with Crippen LogP contribution >= 0.6 is 11.6 Å². The second-order valence-corrected chi connectivity index (χ2v) is 5.94. The van der Waals surface area contributed by atoms with E-state index in [0.717, 1.165) is 0 Å². The maximum Gasteiger partial charge on any atom is 0.246 e. The Morgan fingerprint density at radius 1 is 1.50 bits per heavy atom. The number of aromatic nitrogens is 2. The molecule has 0 atom stereocenters. The quantitative estimate of drug-likeness (QED) is 0.573. The van der Waals surface area contributed by atoms with Crippen LogP contribution in [0.2, 0.25) is 0 Å². The van der Waals surface area contributed by atoms with Gasteiger partial charge in [-0.1, -0.05) is 6.92 Å². The Morgan fingerprint density at radius 2 is 2.22 bits per heavy atom. The predicted molar refractivity (Wildman–Crippen MR) is 69.3 cm³/mol. The van der Waals surface area contributed by atoms with Gasteiger partial charge in [0.1, 0.15) is 4.90 Å². The number of aromatic amines is 1. The molecule has 0 bridgehead atoms. The Balaban J connectivity index is 2.72. The fourth-order valence-electron chi connectivity index (χ4n) is 1.51. The summed E-state index contributed by atoms with van der Waals surface area (Å²) in [5.41, 5.74) is 0.537. The van der Waals surface area contributed by atoms with E-state index >= 15 is 0 Å². The van der Waals surface area contributed by atoms with Crippen LogP contribution in [0.4, 0.5) is 0 Å². The van der Waals surface area contributed by atoms with E-state index in [4.69, 9.17) is 16.3 Å². The zero-order valence-electron chi connectivity index (χ0n) is 10.5. The zero-order chi connectivity index (χ0) is 13.6. The molecule has 0 aliphatic heterocycles. The van der Waals surface area contributed by atoms with Gasteiger partial charge in [0, 0.05) is 19.0 Å². The SMILES string of the molecule is CCN(CCOCCCl)S(=O)(=O)c1cn[nH]c1C. The van der Waals surface area contributed by atoms with Crippen molar-refractivity contribution in [2.45, 2.75) is 18.7 Å². The average molecular weight is 296 g/mol. The molecular formula is C10H18ClN3O3S. The van der Waals surface area contributed by atoms with Crippen molar-refractivity contribution in [3.63, 3.8) is 0 Å². The summed E-state index contributed by atoms with van der Waals surface area (Å²) in [4.78, 5) is 0.210. The maximum atomic E-state index is 12.3. The maximum absolute atomic E-state index is 12.3. The number of alkyl halides is 1. The molecule has 18 heavy (non-hydrogen) atoms. The van der Waals surface area contributed by atoms with E-state index in [-0.39, 0.29) is 4.90 Å². The van der Waals surface area contributed by atoms with Gasteiger partial charge in [-0.15, -0.1) is 11.6 Å². The summed E-state index contributed by atoms with van der Waals surface area (Å²) in [6.45, 7) is 4.91. The van der Waals surface area contributed by atoms with Gasteiger partial charge in [-0.25, -0.2) is 8.42 Å². The lowest BCUT2D eigenvalue weighted by molar-refractivity contribution is 0.137. The van der Waals surface area contributed by atoms with Crippen molar-refractivity contribution in [1.29, 1.82) is 0 Å². The lowest BCUT2D eigenvalue weighted by Gasteiger charge is -2.19. The van der Waals surface area contributed by atoms with Gasteiger partial charge in [0.05, 0.1) is 25.1 Å². The Morgan fingerprint density at radius 3 is 2.72 bits per heavy atom. The van der Waals surface area contributed by atoms with Gasteiger partial charge in [-0.2, -0.15) is 9.40 Å². The largest absolute Gasteiger partial charge is 0.379 e. The highest BCUT2D eigenvalue weighted by molar-refractivity contribution is 7.89. The van der Waals surface area contributed by atoms with Crippen LogP contribution in [0.25, 0.3) is 0 Å². The van der Waals surface area contributed by atoms with Crippen LogP contribution in [0.5, 0.6) is 0 Å². The van der Waals surface area contributed by atoms with Crippen molar-refractivity contribution in [1.82, 2.24) is 14.5 Å². The second-order valence-electron chi connectivity index (χ2n) is 3.66. The van der Waals surface area contributed by atoms with E-state index in [1.54, 1.807) is 13.8 Å². The molecule has 1 N–H and O–H groups in total. The van der Waals surface area contributed by atoms with Crippen molar-refractivity contribution >= 4 is 21.6 Å². The molecular weight excluding hydrogens is 278 g/mol. The monoisotopic (exact) mass is 295 g/mol. The number of aryl methyl sites for hydroxylation is 1. The van der Waals surface area contributed by atoms with Crippen LogP contribution in [0.15, 0.2) is 11.1 Å². The number of nitrogens with zero attached hydrogens (tertiary/aromatic N) is 2. The Labute approximate surface area is 112 Å². The number of ether oxygens (including phenoxy) is 1. The number of hydrogen-bond acceptors (Lipinski definition) is 4. The van der Waals surface area contributed by atoms with Crippen LogP contribution in [0.1, 0.15) is 12.6 Å². The van der Waals surface area contributed by atoms with E-state index in [1.165, 1.54) is 10.5 Å². The Bertz CT molecular complexity index is 461. The van der Waals surface area contributed by atoms with Crippen LogP contribution in [-0.4, -0.2) is 55.1 Å². The summed E-state index contributed by atoms with van der Waals surface area (Å²) >= 11 is 5.47. The first-order chi connectivity index (χ1) is 8.54. The van der Waals surface area contributed by atoms with E-state index in [9.17, 15) is 8.42 Å². The molecule has 0 amide bonds. The minimum Gasteiger partial charge on any atom is -0.379 e. The molecule has 0 unspecified atom stereocenters. The molecule has 0 radical (unpaired) electrons. The molecule has 1 aromatic heterocycles. The standard InChI is InChI=1S/C10H18ClN3O3S/c1-3-14(5-7-17-6-4-11)18(15,16)10-8-12-13-9(10)2/h8H,3-7H2,1-2H3,(H,12,13). The van der Waals surface area contributed by atoms with E-state index in [1.807, 2.05) is 0 Å². The fraction of sp³-hybridized carbons (Fsp3) is 0.700. The first-order valence-electron chi connectivity index (χ1n) is 5.67. The molecule has 6 nitrogen and oxygen atoms in total. The molecule has 104 valence electrons. The third-order valence-corrected chi connectivity index (χ3v) is 4.70. The van der Waals surface area contributed by atoms with Gasteiger partial charge in [-0.05, 0) is 6.92 Å². The normalized spacial score (nSPS) is 12.2. The third kappa shape index (κ3) is 3.68. The van der Waals surface area contributed by atoms with Crippen molar-refractivity contribution in [3.8, 4) is 0 Å². The van der Waals surface area contributed by atoms with E-state index in [0.29, 0.717) is 37.9 Å². The summed E-state index contributed by atoms with van der Waals surface area (Å²) < 4.78 is 31.1. The first-order valence-corrected chi connectivity index (χ1v) is 7.65. The number of likely N-dealkylation sites (N-methyl/N-ethyl adjacent to an activating group) is 1. The minimum atomic E-state index is -3.50. The Hall–Kier alpha value is -0.630. The van der Waals surface area contributed by atoms with Gasteiger partial charge in [0.15, 0.2) is 0 Å². The van der Waals surface area contributed by atoms with Gasteiger partial charge >= 0.3 is 0 Å². The molecule has 0 saturated carbocycles. The topological polar surface area (TPSA) is 75.3 Å². The Kier molecular flexibility index (Phi) is 6.07. The number of hydrogen-bond donors (Lipinski definition) is 1. The molecule has 1 heterocycles. The summed E-state index contributed by atoms with van der Waals surface area (Å²) in [5, 5.41) is 6.36. The molecule has 0 aromatic carbocycles. The van der Waals surface area contributed by atoms with Gasteiger partial charge in [0.2, 0.25) is 10.0 Å². The number of rotatable bonds is 8. The summed E-state index contributed by atoms with van der Waals surface area (Å²) in [7, 11) is -3.50. The van der Waals surface area contributed by atoms with E-state index in [2.05, 4.69) is 10.2 Å². The van der Waals surface area contributed by atoms with Crippen LogP contribution in [-0.2, 0) is 14.8 Å². The van der Waals surface area contributed by atoms with Crippen molar-refractivity contribution < 1.29 is 13.2 Å². The molecule has 0 aliphatic carbocycles. The van der Waals surface area contributed by atoms with Gasteiger partial charge in [0.25, 0.3) is 0 Å². The molecule has 1 rings (SSSR count). The smallest absolute Gasteiger partial charge is 0.246 e. The van der Waals surface area contributed by atoms with Crippen LogP contribution < -0.4 is 0 Å². The van der Waals surface area contributed by atoms with Crippen molar-refractivity contribution in [2.24, 2.45) is 0 Å². The fourth-order valence-corrected chi connectivity index (χ4v) is 3.17. The predicted octanol–water partition coefficient (Wildman–Crippen LogP) is 0.984.